The minimum Gasteiger partial charge on any atom is -0.481 e. The van der Waals surface area contributed by atoms with Crippen LogP contribution in [0.3, 0.4) is 0 Å². The van der Waals surface area contributed by atoms with Crippen molar-refractivity contribution in [3.8, 4) is 0 Å². The van der Waals surface area contributed by atoms with E-state index in [0.29, 0.717) is 6.42 Å². The zero-order valence-corrected chi connectivity index (χ0v) is 10.2. The minimum absolute atomic E-state index is 0.0261. The van der Waals surface area contributed by atoms with E-state index in [1.165, 1.54) is 19.3 Å². The lowest BCUT2D eigenvalue weighted by Gasteiger charge is -2.25. The van der Waals surface area contributed by atoms with Crippen molar-refractivity contribution >= 4 is 11.9 Å². The molecule has 0 aromatic heterocycles. The first-order chi connectivity index (χ1) is 8.18. The molecule has 0 aromatic carbocycles. The summed E-state index contributed by atoms with van der Waals surface area (Å²) in [5.41, 5.74) is 0. The predicted molar refractivity (Wildman–Crippen MR) is 63.5 cm³/mol. The third kappa shape index (κ3) is 2.99. The van der Waals surface area contributed by atoms with Crippen LogP contribution in [0, 0.1) is 11.8 Å². The monoisotopic (exact) mass is 239 g/mol. The Bertz CT molecular complexity index is 297. The highest BCUT2D eigenvalue weighted by Gasteiger charge is 2.38. The molecule has 1 amide bonds. The van der Waals surface area contributed by atoms with E-state index >= 15 is 0 Å². The Morgan fingerprint density at radius 3 is 2.18 bits per heavy atom. The summed E-state index contributed by atoms with van der Waals surface area (Å²) in [6, 6.07) is 0.284. The van der Waals surface area contributed by atoms with Crippen LogP contribution in [0.2, 0.25) is 0 Å². The maximum Gasteiger partial charge on any atom is 0.307 e. The maximum absolute atomic E-state index is 12.1. The summed E-state index contributed by atoms with van der Waals surface area (Å²) in [7, 11) is 0. The van der Waals surface area contributed by atoms with Crippen LogP contribution in [0.5, 0.6) is 0 Å². The molecule has 0 saturated heterocycles. The summed E-state index contributed by atoms with van der Waals surface area (Å²) < 4.78 is 0. The second-order valence-electron chi connectivity index (χ2n) is 5.33. The molecule has 17 heavy (non-hydrogen) atoms. The van der Waals surface area contributed by atoms with Gasteiger partial charge in [-0.25, -0.2) is 0 Å². The molecule has 2 unspecified atom stereocenters. The second kappa shape index (κ2) is 5.52. The molecule has 2 aliphatic carbocycles. The quantitative estimate of drug-likeness (QED) is 0.791. The Hall–Kier alpha value is -1.06. The van der Waals surface area contributed by atoms with Gasteiger partial charge in [0.2, 0.25) is 5.91 Å². The highest BCUT2D eigenvalue weighted by atomic mass is 16.4. The lowest BCUT2D eigenvalue weighted by molar-refractivity contribution is -0.146. The number of nitrogens with one attached hydrogen (secondary N) is 1. The Morgan fingerprint density at radius 1 is 0.882 bits per heavy atom. The molecule has 0 spiro atoms. The van der Waals surface area contributed by atoms with Crippen molar-refractivity contribution in [2.45, 2.75) is 57.4 Å². The highest BCUT2D eigenvalue weighted by molar-refractivity contribution is 5.85. The van der Waals surface area contributed by atoms with Gasteiger partial charge in [-0.3, -0.25) is 9.59 Å². The number of carbonyl (C=O) groups excluding carboxylic acids is 1. The number of amides is 1. The number of rotatable bonds is 3. The number of carbonyl (C=O) groups is 2. The normalized spacial score (nSPS) is 30.1. The largest absolute Gasteiger partial charge is 0.481 e. The number of hydrogen-bond acceptors (Lipinski definition) is 2. The Morgan fingerprint density at radius 2 is 1.53 bits per heavy atom. The molecule has 0 radical (unpaired) electrons. The number of carboxylic acid groups (broad SMARTS) is 1. The van der Waals surface area contributed by atoms with Crippen LogP contribution < -0.4 is 5.32 Å². The van der Waals surface area contributed by atoms with Gasteiger partial charge in [0.15, 0.2) is 0 Å². The zero-order chi connectivity index (χ0) is 12.3. The molecule has 2 atom stereocenters. The molecule has 0 aliphatic heterocycles. The lowest BCUT2D eigenvalue weighted by atomic mass is 9.92. The molecule has 4 nitrogen and oxygen atoms in total. The van der Waals surface area contributed by atoms with Crippen LogP contribution in [0.15, 0.2) is 0 Å². The van der Waals surface area contributed by atoms with Gasteiger partial charge >= 0.3 is 5.97 Å². The van der Waals surface area contributed by atoms with E-state index in [0.717, 1.165) is 25.7 Å². The average Bonchev–Trinajstić information content (AvgIpc) is 2.79. The van der Waals surface area contributed by atoms with E-state index in [-0.39, 0.29) is 17.9 Å². The van der Waals surface area contributed by atoms with E-state index in [1.807, 2.05) is 0 Å². The van der Waals surface area contributed by atoms with Crippen LogP contribution in [-0.4, -0.2) is 23.0 Å². The smallest absolute Gasteiger partial charge is 0.307 e. The van der Waals surface area contributed by atoms with Crippen molar-refractivity contribution in [2.75, 3.05) is 0 Å². The molecular weight excluding hydrogens is 218 g/mol. The van der Waals surface area contributed by atoms with Gasteiger partial charge in [-0.15, -0.1) is 0 Å². The Balaban J connectivity index is 1.88. The zero-order valence-electron chi connectivity index (χ0n) is 10.2. The highest BCUT2D eigenvalue weighted by Crippen LogP contribution is 2.32. The fourth-order valence-corrected chi connectivity index (χ4v) is 3.12. The van der Waals surface area contributed by atoms with Crippen molar-refractivity contribution in [2.24, 2.45) is 11.8 Å². The SMILES string of the molecule is O=C(O)C1CCCC1C(=O)NC1CCCCC1. The third-order valence-corrected chi connectivity index (χ3v) is 4.12. The first kappa shape index (κ1) is 12.4. The lowest BCUT2D eigenvalue weighted by Crippen LogP contribution is -2.42. The third-order valence-electron chi connectivity index (χ3n) is 4.12. The number of carboxylic acids is 1. The summed E-state index contributed by atoms with van der Waals surface area (Å²) in [5, 5.41) is 12.1. The van der Waals surface area contributed by atoms with E-state index in [1.54, 1.807) is 0 Å². The molecule has 0 bridgehead atoms. The topological polar surface area (TPSA) is 66.4 Å². The predicted octanol–water partition coefficient (Wildman–Crippen LogP) is 1.94. The van der Waals surface area contributed by atoms with Crippen molar-refractivity contribution in [1.82, 2.24) is 5.32 Å². The molecule has 2 N–H and O–H groups in total. The fourth-order valence-electron chi connectivity index (χ4n) is 3.12. The van der Waals surface area contributed by atoms with Crippen LogP contribution >= 0.6 is 0 Å². The molecule has 2 aliphatic rings. The number of hydrogen-bond donors (Lipinski definition) is 2. The van der Waals surface area contributed by atoms with E-state index < -0.39 is 11.9 Å². The van der Waals surface area contributed by atoms with Gasteiger partial charge < -0.3 is 10.4 Å². The first-order valence-corrected chi connectivity index (χ1v) is 6.71. The van der Waals surface area contributed by atoms with Crippen LogP contribution in [-0.2, 0) is 9.59 Å². The van der Waals surface area contributed by atoms with E-state index in [9.17, 15) is 9.59 Å². The number of aliphatic carboxylic acids is 1. The molecule has 0 aromatic rings. The summed E-state index contributed by atoms with van der Waals surface area (Å²) in [4.78, 5) is 23.1. The first-order valence-electron chi connectivity index (χ1n) is 6.71. The van der Waals surface area contributed by atoms with E-state index in [2.05, 4.69) is 5.32 Å². The van der Waals surface area contributed by atoms with Gasteiger partial charge in [0.05, 0.1) is 11.8 Å². The molecule has 2 saturated carbocycles. The summed E-state index contributed by atoms with van der Waals surface area (Å²) >= 11 is 0. The molecular formula is C13H21NO3. The molecule has 4 heteroatoms. The Labute approximate surface area is 102 Å². The summed E-state index contributed by atoms with van der Waals surface area (Å²) in [6.07, 6.45) is 7.96. The summed E-state index contributed by atoms with van der Waals surface area (Å²) in [5.74, 6) is -1.60. The van der Waals surface area contributed by atoms with Gasteiger partial charge in [0.1, 0.15) is 0 Å². The van der Waals surface area contributed by atoms with Crippen molar-refractivity contribution in [3.05, 3.63) is 0 Å². The van der Waals surface area contributed by atoms with Crippen LogP contribution in [0.1, 0.15) is 51.4 Å². The second-order valence-corrected chi connectivity index (χ2v) is 5.33. The molecule has 0 heterocycles. The maximum atomic E-state index is 12.1. The average molecular weight is 239 g/mol. The fraction of sp³-hybridized carbons (Fsp3) is 0.846. The standard InChI is InChI=1S/C13H21NO3/c15-12(14-9-5-2-1-3-6-9)10-7-4-8-11(10)13(16)17/h9-11H,1-8H2,(H,14,15)(H,16,17). The molecule has 2 rings (SSSR count). The Kier molecular flexibility index (Phi) is 4.02. The van der Waals surface area contributed by atoms with Gasteiger partial charge in [0, 0.05) is 6.04 Å². The van der Waals surface area contributed by atoms with Crippen LogP contribution in [0.25, 0.3) is 0 Å². The minimum atomic E-state index is -0.814. The van der Waals surface area contributed by atoms with Crippen molar-refractivity contribution in [1.29, 1.82) is 0 Å². The van der Waals surface area contributed by atoms with Crippen molar-refractivity contribution in [3.63, 3.8) is 0 Å². The summed E-state index contributed by atoms with van der Waals surface area (Å²) in [6.45, 7) is 0. The van der Waals surface area contributed by atoms with Gasteiger partial charge in [-0.05, 0) is 25.7 Å². The molecule has 96 valence electrons. The van der Waals surface area contributed by atoms with Gasteiger partial charge in [-0.1, -0.05) is 25.7 Å². The van der Waals surface area contributed by atoms with Crippen molar-refractivity contribution < 1.29 is 14.7 Å². The van der Waals surface area contributed by atoms with Gasteiger partial charge in [0.25, 0.3) is 0 Å². The molecule has 2 fully saturated rings. The van der Waals surface area contributed by atoms with E-state index in [4.69, 9.17) is 5.11 Å². The van der Waals surface area contributed by atoms with Crippen LogP contribution in [0.4, 0.5) is 0 Å². The van der Waals surface area contributed by atoms with Gasteiger partial charge in [-0.2, -0.15) is 0 Å².